The Morgan fingerprint density at radius 2 is 2.39 bits per heavy atom. The summed E-state index contributed by atoms with van der Waals surface area (Å²) in [5.74, 6) is -0.206. The van der Waals surface area contributed by atoms with Gasteiger partial charge in [0.05, 0.1) is 16.0 Å². The van der Waals surface area contributed by atoms with Crippen LogP contribution in [0.3, 0.4) is 0 Å². The van der Waals surface area contributed by atoms with E-state index in [0.29, 0.717) is 25.7 Å². The third-order valence-electron chi connectivity index (χ3n) is 2.84. The largest absolute Gasteiger partial charge is 0.381 e. The number of hydrogen-bond donors (Lipinski definition) is 1. The van der Waals surface area contributed by atoms with Gasteiger partial charge in [-0.15, -0.1) is 0 Å². The highest BCUT2D eigenvalue weighted by Gasteiger charge is 2.20. The highest BCUT2D eigenvalue weighted by atomic mass is 79.9. The Morgan fingerprint density at radius 3 is 3.00 bits per heavy atom. The summed E-state index contributed by atoms with van der Waals surface area (Å²) in [4.78, 5) is 10.3. The van der Waals surface area contributed by atoms with Gasteiger partial charge in [-0.05, 0) is 22.4 Å². The molecule has 18 heavy (non-hydrogen) atoms. The van der Waals surface area contributed by atoms with Gasteiger partial charge in [0, 0.05) is 31.2 Å². The molecule has 1 aliphatic rings. The van der Waals surface area contributed by atoms with Gasteiger partial charge < -0.3 is 10.1 Å². The highest BCUT2D eigenvalue weighted by molar-refractivity contribution is 9.10. The predicted octanol–water partition coefficient (Wildman–Crippen LogP) is 2.94. The fourth-order valence-electron chi connectivity index (χ4n) is 1.83. The van der Waals surface area contributed by atoms with Gasteiger partial charge >= 0.3 is 0 Å². The van der Waals surface area contributed by atoms with E-state index in [9.17, 15) is 14.5 Å². The molecule has 1 fully saturated rings. The molecule has 0 saturated carbocycles. The van der Waals surface area contributed by atoms with Crippen LogP contribution in [0.25, 0.3) is 0 Å². The van der Waals surface area contributed by atoms with Crippen LogP contribution in [0.5, 0.6) is 0 Å². The second-order valence-corrected chi connectivity index (χ2v) is 5.01. The fourth-order valence-corrected chi connectivity index (χ4v) is 2.16. The molecule has 0 amide bonds. The van der Waals surface area contributed by atoms with Gasteiger partial charge in [0.15, 0.2) is 0 Å². The fraction of sp³-hybridized carbons (Fsp3) is 0.455. The molecule has 1 aromatic carbocycles. The minimum atomic E-state index is -0.530. The van der Waals surface area contributed by atoms with Gasteiger partial charge in [-0.25, -0.2) is 4.39 Å². The molecule has 7 heteroatoms. The topological polar surface area (TPSA) is 64.4 Å². The first-order chi connectivity index (χ1) is 8.58. The SMILES string of the molecule is O=[N+]([O-])c1cc(Br)c(F)cc1NCC1CCOC1. The smallest absolute Gasteiger partial charge is 0.293 e. The summed E-state index contributed by atoms with van der Waals surface area (Å²) >= 11 is 2.94. The van der Waals surface area contributed by atoms with E-state index in [4.69, 9.17) is 4.74 Å². The van der Waals surface area contributed by atoms with Crippen molar-refractivity contribution < 1.29 is 14.1 Å². The standard InChI is InChI=1S/C11H12BrFN2O3/c12-8-3-11(15(16)17)10(4-9(8)13)14-5-7-1-2-18-6-7/h3-4,7,14H,1-2,5-6H2. The third-order valence-corrected chi connectivity index (χ3v) is 3.45. The van der Waals surface area contributed by atoms with E-state index in [1.54, 1.807) is 0 Å². The molecule has 1 saturated heterocycles. The number of anilines is 1. The molecule has 98 valence electrons. The van der Waals surface area contributed by atoms with Crippen molar-refractivity contribution in [3.05, 3.63) is 32.5 Å². The van der Waals surface area contributed by atoms with Gasteiger partial charge in [0.2, 0.25) is 0 Å². The maximum absolute atomic E-state index is 13.4. The summed E-state index contributed by atoms with van der Waals surface area (Å²) in [5, 5.41) is 13.8. The monoisotopic (exact) mass is 318 g/mol. The summed E-state index contributed by atoms with van der Waals surface area (Å²) in [7, 11) is 0. The van der Waals surface area contributed by atoms with E-state index in [1.807, 2.05) is 0 Å². The normalized spacial score (nSPS) is 18.9. The van der Waals surface area contributed by atoms with E-state index in [0.717, 1.165) is 12.5 Å². The van der Waals surface area contributed by atoms with Gasteiger partial charge in [0.25, 0.3) is 5.69 Å². The average molecular weight is 319 g/mol. The predicted molar refractivity (Wildman–Crippen MR) is 68.2 cm³/mol. The first-order valence-corrected chi connectivity index (χ1v) is 6.32. The number of nitrogens with zero attached hydrogens (tertiary/aromatic N) is 1. The number of nitro benzene ring substituents is 1. The molecule has 1 unspecified atom stereocenters. The van der Waals surface area contributed by atoms with Crippen molar-refractivity contribution in [3.8, 4) is 0 Å². The van der Waals surface area contributed by atoms with Crippen molar-refractivity contribution in [3.63, 3.8) is 0 Å². The number of ether oxygens (including phenoxy) is 1. The molecule has 0 spiro atoms. The quantitative estimate of drug-likeness (QED) is 0.684. The molecule has 0 bridgehead atoms. The van der Waals surface area contributed by atoms with Crippen molar-refractivity contribution in [1.82, 2.24) is 0 Å². The third kappa shape index (κ3) is 2.97. The van der Waals surface area contributed by atoms with Gasteiger partial charge in [-0.1, -0.05) is 0 Å². The second kappa shape index (κ2) is 5.62. The van der Waals surface area contributed by atoms with E-state index in [1.165, 1.54) is 6.07 Å². The molecule has 0 radical (unpaired) electrons. The summed E-state index contributed by atoms with van der Waals surface area (Å²) in [5.41, 5.74) is 0.0646. The molecule has 0 aliphatic carbocycles. The molecule has 2 rings (SSSR count). The van der Waals surface area contributed by atoms with Crippen molar-refractivity contribution in [1.29, 1.82) is 0 Å². The maximum atomic E-state index is 13.4. The van der Waals surface area contributed by atoms with Gasteiger partial charge in [0.1, 0.15) is 11.5 Å². The van der Waals surface area contributed by atoms with E-state index in [2.05, 4.69) is 21.2 Å². The lowest BCUT2D eigenvalue weighted by Crippen LogP contribution is -2.15. The lowest BCUT2D eigenvalue weighted by molar-refractivity contribution is -0.384. The van der Waals surface area contributed by atoms with Crippen molar-refractivity contribution in [2.75, 3.05) is 25.1 Å². The molecule has 1 atom stereocenters. The Hall–Kier alpha value is -1.21. The van der Waals surface area contributed by atoms with Crippen LogP contribution in [0.4, 0.5) is 15.8 Å². The van der Waals surface area contributed by atoms with Crippen LogP contribution in [0.2, 0.25) is 0 Å². The lowest BCUT2D eigenvalue weighted by Gasteiger charge is -2.11. The highest BCUT2D eigenvalue weighted by Crippen LogP contribution is 2.31. The summed E-state index contributed by atoms with van der Waals surface area (Å²) < 4.78 is 18.7. The molecule has 1 heterocycles. The summed E-state index contributed by atoms with van der Waals surface area (Å²) in [6.45, 7) is 1.89. The van der Waals surface area contributed by atoms with Crippen LogP contribution in [-0.4, -0.2) is 24.7 Å². The Bertz CT molecular complexity index is 464. The first-order valence-electron chi connectivity index (χ1n) is 5.53. The molecule has 5 nitrogen and oxygen atoms in total. The van der Waals surface area contributed by atoms with Crippen LogP contribution in [-0.2, 0) is 4.74 Å². The van der Waals surface area contributed by atoms with Crippen LogP contribution >= 0.6 is 15.9 Å². The lowest BCUT2D eigenvalue weighted by atomic mass is 10.1. The van der Waals surface area contributed by atoms with Crippen molar-refractivity contribution >= 4 is 27.3 Å². The van der Waals surface area contributed by atoms with Crippen LogP contribution in [0, 0.1) is 21.8 Å². The Balaban J connectivity index is 2.14. The first kappa shape index (κ1) is 13.2. The summed E-state index contributed by atoms with van der Waals surface area (Å²) in [6, 6.07) is 2.31. The van der Waals surface area contributed by atoms with Crippen molar-refractivity contribution in [2.45, 2.75) is 6.42 Å². The Morgan fingerprint density at radius 1 is 1.61 bits per heavy atom. The Kier molecular flexibility index (Phi) is 4.13. The maximum Gasteiger partial charge on any atom is 0.293 e. The Labute approximate surface area is 112 Å². The molecule has 0 aromatic heterocycles. The zero-order valence-electron chi connectivity index (χ0n) is 9.49. The number of rotatable bonds is 4. The molecular weight excluding hydrogens is 307 g/mol. The number of halogens is 2. The van der Waals surface area contributed by atoms with E-state index in [-0.39, 0.29) is 15.8 Å². The van der Waals surface area contributed by atoms with Crippen LogP contribution in [0.1, 0.15) is 6.42 Å². The zero-order chi connectivity index (χ0) is 13.1. The molecular formula is C11H12BrFN2O3. The van der Waals surface area contributed by atoms with E-state index >= 15 is 0 Å². The number of benzene rings is 1. The minimum Gasteiger partial charge on any atom is -0.381 e. The van der Waals surface area contributed by atoms with Crippen molar-refractivity contribution in [2.24, 2.45) is 5.92 Å². The molecule has 1 N–H and O–H groups in total. The number of hydrogen-bond acceptors (Lipinski definition) is 4. The number of nitro groups is 1. The molecule has 1 aliphatic heterocycles. The number of nitrogens with one attached hydrogen (secondary N) is 1. The second-order valence-electron chi connectivity index (χ2n) is 4.15. The van der Waals surface area contributed by atoms with Crippen LogP contribution < -0.4 is 5.32 Å². The minimum absolute atomic E-state index is 0.0870. The van der Waals surface area contributed by atoms with Gasteiger partial charge in [-0.3, -0.25) is 10.1 Å². The average Bonchev–Trinajstić information content (AvgIpc) is 2.83. The summed E-state index contributed by atoms with van der Waals surface area (Å²) in [6.07, 6.45) is 0.916. The molecule has 1 aromatic rings. The van der Waals surface area contributed by atoms with Gasteiger partial charge in [-0.2, -0.15) is 0 Å². The van der Waals surface area contributed by atoms with Crippen LogP contribution in [0.15, 0.2) is 16.6 Å². The zero-order valence-corrected chi connectivity index (χ0v) is 11.1. The van der Waals surface area contributed by atoms with E-state index < -0.39 is 10.7 Å².